The number of hydrogen-bond acceptors (Lipinski definition) is 9. The average Bonchev–Trinajstić information content (AvgIpc) is 3.22. The van der Waals surface area contributed by atoms with E-state index in [0.29, 0.717) is 18.2 Å². The summed E-state index contributed by atoms with van der Waals surface area (Å²) in [6, 6.07) is 16.5. The Morgan fingerprint density at radius 1 is 0.971 bits per heavy atom. The molecule has 0 unspecified atom stereocenters. The fourth-order valence-corrected chi connectivity index (χ4v) is 4.98. The summed E-state index contributed by atoms with van der Waals surface area (Å²) in [5, 5.41) is 17.4. The van der Waals surface area contributed by atoms with Crippen LogP contribution in [0.3, 0.4) is 0 Å². The molecule has 9 heteroatoms. The van der Waals surface area contributed by atoms with Crippen molar-refractivity contribution in [1.29, 1.82) is 0 Å². The zero-order valence-electron chi connectivity index (χ0n) is 19.4. The smallest absolute Gasteiger partial charge is 0.225 e. The number of benzene rings is 1. The Labute approximate surface area is 203 Å². The molecule has 0 bridgehead atoms. The molecule has 1 aliphatic carbocycles. The number of fused-ring (bicyclic) bond motifs is 1. The number of aliphatic hydroxyl groups excluding tert-OH is 1. The van der Waals surface area contributed by atoms with Gasteiger partial charge in [-0.3, -0.25) is 0 Å². The van der Waals surface area contributed by atoms with Crippen LogP contribution in [-0.2, 0) is 6.42 Å². The van der Waals surface area contributed by atoms with Crippen LogP contribution in [-0.4, -0.2) is 51.3 Å². The standard InChI is InChI=1S/C25H29N7OS/c1-32(2)22-13-12-20-23(31-22)34-25(28-20)30-21-15-18(14-16-6-4-3-5-7-16)27-24(29-21)26-17-8-10-19(33)11-9-17/h3-7,12-13,15,17,19,33H,8-11,14H2,1-2H3,(H2,26,27,28,29,30). The molecular formula is C25H29N7OS. The normalized spacial score (nSPS) is 18.1. The van der Waals surface area contributed by atoms with Crippen LogP contribution in [0.25, 0.3) is 10.3 Å². The second kappa shape index (κ2) is 9.90. The van der Waals surface area contributed by atoms with Crippen molar-refractivity contribution in [3.8, 4) is 0 Å². The van der Waals surface area contributed by atoms with Crippen molar-refractivity contribution in [3.63, 3.8) is 0 Å². The first-order valence-corrected chi connectivity index (χ1v) is 12.4. The summed E-state index contributed by atoms with van der Waals surface area (Å²) in [5.41, 5.74) is 2.98. The topological polar surface area (TPSA) is 99.1 Å². The zero-order chi connectivity index (χ0) is 23.5. The van der Waals surface area contributed by atoms with Gasteiger partial charge in [-0.25, -0.2) is 15.0 Å². The highest BCUT2D eigenvalue weighted by atomic mass is 32.1. The Kier molecular flexibility index (Phi) is 6.55. The number of thiazole rings is 1. The maximum atomic E-state index is 9.83. The first-order valence-electron chi connectivity index (χ1n) is 11.6. The van der Waals surface area contributed by atoms with Gasteiger partial charge in [0.1, 0.15) is 22.0 Å². The Morgan fingerprint density at radius 2 is 1.76 bits per heavy atom. The molecule has 0 saturated heterocycles. The van der Waals surface area contributed by atoms with Crippen molar-refractivity contribution in [2.24, 2.45) is 0 Å². The molecule has 1 saturated carbocycles. The molecule has 1 fully saturated rings. The summed E-state index contributed by atoms with van der Waals surface area (Å²) in [4.78, 5) is 21.8. The summed E-state index contributed by atoms with van der Waals surface area (Å²) in [7, 11) is 3.95. The number of aromatic nitrogens is 4. The highest BCUT2D eigenvalue weighted by Gasteiger charge is 2.20. The van der Waals surface area contributed by atoms with Crippen LogP contribution in [0, 0.1) is 0 Å². The van der Waals surface area contributed by atoms with E-state index in [1.807, 2.05) is 55.4 Å². The number of nitrogens with zero attached hydrogens (tertiary/aromatic N) is 5. The number of nitrogens with one attached hydrogen (secondary N) is 2. The molecule has 0 radical (unpaired) electrons. The van der Waals surface area contributed by atoms with Crippen LogP contribution in [0.5, 0.6) is 0 Å². The zero-order valence-corrected chi connectivity index (χ0v) is 20.2. The molecule has 3 aromatic heterocycles. The maximum Gasteiger partial charge on any atom is 0.225 e. The Hall–Kier alpha value is -3.30. The van der Waals surface area contributed by atoms with Crippen molar-refractivity contribution >= 4 is 44.4 Å². The number of aliphatic hydroxyl groups is 1. The van der Waals surface area contributed by atoms with Gasteiger partial charge in [-0.1, -0.05) is 41.7 Å². The van der Waals surface area contributed by atoms with E-state index in [2.05, 4.69) is 27.8 Å². The SMILES string of the molecule is CN(C)c1ccc2nc(Nc3cc(Cc4ccccc4)nc(NC4CCC(O)CC4)n3)sc2n1. The van der Waals surface area contributed by atoms with Gasteiger partial charge in [0.2, 0.25) is 5.95 Å². The van der Waals surface area contributed by atoms with Gasteiger partial charge in [0.15, 0.2) is 5.13 Å². The fourth-order valence-electron chi connectivity index (χ4n) is 4.14. The van der Waals surface area contributed by atoms with Crippen molar-refractivity contribution < 1.29 is 5.11 Å². The van der Waals surface area contributed by atoms with Crippen LogP contribution < -0.4 is 15.5 Å². The lowest BCUT2D eigenvalue weighted by atomic mass is 9.93. The van der Waals surface area contributed by atoms with E-state index in [1.165, 1.54) is 16.9 Å². The minimum Gasteiger partial charge on any atom is -0.393 e. The second-order valence-corrected chi connectivity index (χ2v) is 9.89. The van der Waals surface area contributed by atoms with Crippen LogP contribution in [0.2, 0.25) is 0 Å². The summed E-state index contributed by atoms with van der Waals surface area (Å²) in [5.74, 6) is 2.21. The first kappa shape index (κ1) is 22.5. The summed E-state index contributed by atoms with van der Waals surface area (Å²) in [6.45, 7) is 0. The van der Waals surface area contributed by atoms with E-state index in [-0.39, 0.29) is 12.1 Å². The molecule has 34 heavy (non-hydrogen) atoms. The van der Waals surface area contributed by atoms with Gasteiger partial charge >= 0.3 is 0 Å². The highest BCUT2D eigenvalue weighted by Crippen LogP contribution is 2.29. The number of hydrogen-bond donors (Lipinski definition) is 3. The van der Waals surface area contributed by atoms with Gasteiger partial charge in [-0.2, -0.15) is 4.98 Å². The molecule has 8 nitrogen and oxygen atoms in total. The van der Waals surface area contributed by atoms with E-state index < -0.39 is 0 Å². The lowest BCUT2D eigenvalue weighted by Crippen LogP contribution is -2.29. The maximum absolute atomic E-state index is 9.83. The van der Waals surface area contributed by atoms with E-state index in [9.17, 15) is 5.11 Å². The molecule has 3 heterocycles. The summed E-state index contributed by atoms with van der Waals surface area (Å²) in [6.07, 6.45) is 3.95. The largest absolute Gasteiger partial charge is 0.393 e. The van der Waals surface area contributed by atoms with Crippen molar-refractivity contribution in [2.75, 3.05) is 29.6 Å². The predicted molar refractivity (Wildman–Crippen MR) is 138 cm³/mol. The van der Waals surface area contributed by atoms with E-state index in [4.69, 9.17) is 15.0 Å². The molecule has 1 aromatic carbocycles. The quantitative estimate of drug-likeness (QED) is 0.357. The molecule has 1 aliphatic rings. The molecule has 3 N–H and O–H groups in total. The van der Waals surface area contributed by atoms with Gasteiger partial charge in [-0.05, 0) is 43.4 Å². The van der Waals surface area contributed by atoms with Crippen LogP contribution >= 0.6 is 11.3 Å². The number of pyridine rings is 1. The molecule has 5 rings (SSSR count). The Balaban J connectivity index is 1.41. The highest BCUT2D eigenvalue weighted by molar-refractivity contribution is 7.21. The summed E-state index contributed by atoms with van der Waals surface area (Å²) < 4.78 is 0. The number of rotatable bonds is 7. The minimum atomic E-state index is -0.193. The summed E-state index contributed by atoms with van der Waals surface area (Å²) >= 11 is 1.51. The van der Waals surface area contributed by atoms with Crippen LogP contribution in [0.1, 0.15) is 36.9 Å². The number of anilines is 4. The van der Waals surface area contributed by atoms with Crippen LogP contribution in [0.4, 0.5) is 22.7 Å². The molecule has 4 aromatic rings. The molecule has 0 atom stereocenters. The Morgan fingerprint density at radius 3 is 2.53 bits per heavy atom. The van der Waals surface area contributed by atoms with E-state index in [1.54, 1.807) is 0 Å². The monoisotopic (exact) mass is 475 g/mol. The fraction of sp³-hybridized carbons (Fsp3) is 0.360. The first-order chi connectivity index (χ1) is 16.5. The molecule has 0 aliphatic heterocycles. The van der Waals surface area contributed by atoms with E-state index >= 15 is 0 Å². The molecule has 176 valence electrons. The third-order valence-corrected chi connectivity index (χ3v) is 6.85. The lowest BCUT2D eigenvalue weighted by molar-refractivity contribution is 0.126. The van der Waals surface area contributed by atoms with E-state index in [0.717, 1.165) is 52.7 Å². The second-order valence-electron chi connectivity index (χ2n) is 8.91. The Bertz CT molecular complexity index is 1250. The van der Waals surface area contributed by atoms with Gasteiger partial charge in [-0.15, -0.1) is 0 Å². The van der Waals surface area contributed by atoms with Crippen molar-refractivity contribution in [1.82, 2.24) is 19.9 Å². The van der Waals surface area contributed by atoms with Gasteiger partial charge in [0.25, 0.3) is 0 Å². The minimum absolute atomic E-state index is 0.193. The third kappa shape index (κ3) is 5.43. The van der Waals surface area contributed by atoms with Crippen LogP contribution in [0.15, 0.2) is 48.5 Å². The predicted octanol–water partition coefficient (Wildman–Crippen LogP) is 4.60. The van der Waals surface area contributed by atoms with Gasteiger partial charge in [0.05, 0.1) is 11.8 Å². The van der Waals surface area contributed by atoms with Gasteiger partial charge in [0, 0.05) is 32.6 Å². The third-order valence-electron chi connectivity index (χ3n) is 5.97. The molecule has 0 amide bonds. The molecular weight excluding hydrogens is 446 g/mol. The van der Waals surface area contributed by atoms with Crippen molar-refractivity contribution in [3.05, 3.63) is 59.8 Å². The average molecular weight is 476 g/mol. The molecule has 0 spiro atoms. The lowest BCUT2D eigenvalue weighted by Gasteiger charge is -2.26. The van der Waals surface area contributed by atoms with Gasteiger partial charge < -0.3 is 20.6 Å². The van der Waals surface area contributed by atoms with Crippen molar-refractivity contribution in [2.45, 2.75) is 44.2 Å².